The number of aromatic nitrogens is 2. The predicted molar refractivity (Wildman–Crippen MR) is 88.1 cm³/mol. The van der Waals surface area contributed by atoms with Gasteiger partial charge in [-0.15, -0.1) is 0 Å². The average Bonchev–Trinajstić information content (AvgIpc) is 2.43. The third-order valence-electron chi connectivity index (χ3n) is 3.19. The van der Waals surface area contributed by atoms with Gasteiger partial charge in [-0.1, -0.05) is 31.5 Å². The lowest BCUT2D eigenvalue weighted by molar-refractivity contribution is 0.774. The van der Waals surface area contributed by atoms with Crippen molar-refractivity contribution in [3.05, 3.63) is 40.2 Å². The summed E-state index contributed by atoms with van der Waals surface area (Å²) >= 11 is 6.26. The number of anilines is 3. The van der Waals surface area contributed by atoms with E-state index in [2.05, 4.69) is 20.7 Å². The number of nitrogen functional groups attached to an aromatic ring is 1. The standard InChI is InChI=1S/C15H20ClN5/c1-8(2)13-19-14(10(4)15(20-13)21-17)18-12-6-5-9(3)7-11(12)16/h5-8H,17H2,1-4H3,(H2,18,19,20,21). The Morgan fingerprint density at radius 3 is 2.38 bits per heavy atom. The van der Waals surface area contributed by atoms with Crippen molar-refractivity contribution in [3.8, 4) is 0 Å². The van der Waals surface area contributed by atoms with Gasteiger partial charge in [0, 0.05) is 11.5 Å². The molecule has 0 aliphatic heterocycles. The maximum atomic E-state index is 6.26. The number of hydrogen-bond acceptors (Lipinski definition) is 5. The van der Waals surface area contributed by atoms with Gasteiger partial charge in [-0.3, -0.25) is 0 Å². The lowest BCUT2D eigenvalue weighted by Gasteiger charge is -2.15. The second-order valence-electron chi connectivity index (χ2n) is 5.31. The van der Waals surface area contributed by atoms with Gasteiger partial charge in [-0.05, 0) is 31.5 Å². The van der Waals surface area contributed by atoms with Crippen molar-refractivity contribution in [1.82, 2.24) is 9.97 Å². The molecule has 2 aromatic rings. The first-order valence-electron chi connectivity index (χ1n) is 6.80. The molecule has 2 rings (SSSR count). The number of hydrogen-bond donors (Lipinski definition) is 3. The molecular weight excluding hydrogens is 286 g/mol. The van der Waals surface area contributed by atoms with E-state index in [4.69, 9.17) is 17.4 Å². The quantitative estimate of drug-likeness (QED) is 0.590. The van der Waals surface area contributed by atoms with Gasteiger partial charge in [0.05, 0.1) is 10.7 Å². The van der Waals surface area contributed by atoms with Gasteiger partial charge in [0.1, 0.15) is 17.5 Å². The summed E-state index contributed by atoms with van der Waals surface area (Å²) in [5, 5.41) is 3.91. The maximum absolute atomic E-state index is 6.26. The Bertz CT molecular complexity index is 655. The molecule has 0 atom stereocenters. The molecule has 0 radical (unpaired) electrons. The van der Waals surface area contributed by atoms with E-state index in [1.807, 2.05) is 45.9 Å². The van der Waals surface area contributed by atoms with E-state index in [9.17, 15) is 0 Å². The van der Waals surface area contributed by atoms with Crippen molar-refractivity contribution in [2.75, 3.05) is 10.7 Å². The van der Waals surface area contributed by atoms with Crippen LogP contribution in [0.25, 0.3) is 0 Å². The number of nitrogens with one attached hydrogen (secondary N) is 2. The first-order chi connectivity index (χ1) is 9.92. The summed E-state index contributed by atoms with van der Waals surface area (Å²) in [5.41, 5.74) is 5.38. The predicted octanol–water partition coefficient (Wildman–Crippen LogP) is 3.90. The zero-order valence-corrected chi connectivity index (χ0v) is 13.4. The highest BCUT2D eigenvalue weighted by molar-refractivity contribution is 6.33. The first kappa shape index (κ1) is 15.5. The maximum Gasteiger partial charge on any atom is 0.148 e. The molecule has 4 N–H and O–H groups in total. The second kappa shape index (κ2) is 6.28. The molecule has 112 valence electrons. The van der Waals surface area contributed by atoms with E-state index >= 15 is 0 Å². The summed E-state index contributed by atoms with van der Waals surface area (Å²) < 4.78 is 0. The molecule has 21 heavy (non-hydrogen) atoms. The Hall–Kier alpha value is -1.85. The highest BCUT2D eigenvalue weighted by Gasteiger charge is 2.13. The molecular formula is C15H20ClN5. The molecule has 0 bridgehead atoms. The zero-order valence-electron chi connectivity index (χ0n) is 12.7. The molecule has 0 fully saturated rings. The molecule has 0 unspecified atom stereocenters. The molecule has 1 aromatic carbocycles. The Labute approximate surface area is 129 Å². The van der Waals surface area contributed by atoms with Crippen molar-refractivity contribution in [3.63, 3.8) is 0 Å². The van der Waals surface area contributed by atoms with Crippen molar-refractivity contribution >= 4 is 28.9 Å². The molecule has 0 amide bonds. The van der Waals surface area contributed by atoms with E-state index in [0.29, 0.717) is 16.7 Å². The molecule has 0 saturated heterocycles. The molecule has 0 saturated carbocycles. The van der Waals surface area contributed by atoms with Crippen molar-refractivity contribution in [2.45, 2.75) is 33.6 Å². The highest BCUT2D eigenvalue weighted by atomic mass is 35.5. The van der Waals surface area contributed by atoms with Crippen LogP contribution in [0.15, 0.2) is 18.2 Å². The molecule has 0 aliphatic rings. The van der Waals surface area contributed by atoms with Gasteiger partial charge in [-0.25, -0.2) is 15.8 Å². The third-order valence-corrected chi connectivity index (χ3v) is 3.51. The Morgan fingerprint density at radius 2 is 1.81 bits per heavy atom. The number of nitrogens with two attached hydrogens (primary N) is 1. The number of halogens is 1. The summed E-state index contributed by atoms with van der Waals surface area (Å²) in [6, 6.07) is 5.84. The van der Waals surface area contributed by atoms with Gasteiger partial charge < -0.3 is 10.7 Å². The van der Waals surface area contributed by atoms with Gasteiger partial charge in [0.2, 0.25) is 0 Å². The average molecular weight is 306 g/mol. The monoisotopic (exact) mass is 305 g/mol. The molecule has 6 heteroatoms. The van der Waals surface area contributed by atoms with E-state index in [1.54, 1.807) is 0 Å². The Morgan fingerprint density at radius 1 is 1.14 bits per heavy atom. The molecule has 1 heterocycles. The Kier molecular flexibility index (Phi) is 4.65. The van der Waals surface area contributed by atoms with Gasteiger partial charge in [0.15, 0.2) is 0 Å². The van der Waals surface area contributed by atoms with E-state index < -0.39 is 0 Å². The van der Waals surface area contributed by atoms with Gasteiger partial charge >= 0.3 is 0 Å². The molecule has 5 nitrogen and oxygen atoms in total. The van der Waals surface area contributed by atoms with Gasteiger partial charge in [-0.2, -0.15) is 0 Å². The molecule has 1 aromatic heterocycles. The summed E-state index contributed by atoms with van der Waals surface area (Å²) in [6.45, 7) is 7.98. The minimum atomic E-state index is 0.201. The van der Waals surface area contributed by atoms with Crippen LogP contribution in [0, 0.1) is 13.8 Å². The summed E-state index contributed by atoms with van der Waals surface area (Å²) in [5.74, 6) is 7.77. The first-order valence-corrected chi connectivity index (χ1v) is 7.18. The van der Waals surface area contributed by atoms with Crippen LogP contribution in [0.4, 0.5) is 17.3 Å². The SMILES string of the molecule is Cc1ccc(Nc2nc(C(C)C)nc(NN)c2C)c(Cl)c1. The summed E-state index contributed by atoms with van der Waals surface area (Å²) in [6.07, 6.45) is 0. The number of rotatable bonds is 4. The van der Waals surface area contributed by atoms with Crippen molar-refractivity contribution in [1.29, 1.82) is 0 Å². The fourth-order valence-corrected chi connectivity index (χ4v) is 2.19. The zero-order chi connectivity index (χ0) is 15.6. The van der Waals surface area contributed by atoms with E-state index in [0.717, 1.165) is 22.6 Å². The van der Waals surface area contributed by atoms with E-state index in [-0.39, 0.29) is 5.92 Å². The number of aryl methyl sites for hydroxylation is 1. The minimum Gasteiger partial charge on any atom is -0.339 e. The van der Waals surface area contributed by atoms with Crippen LogP contribution >= 0.6 is 11.6 Å². The van der Waals surface area contributed by atoms with Crippen molar-refractivity contribution < 1.29 is 0 Å². The van der Waals surface area contributed by atoms with Gasteiger partial charge in [0.25, 0.3) is 0 Å². The smallest absolute Gasteiger partial charge is 0.148 e. The topological polar surface area (TPSA) is 75.9 Å². The molecule has 0 aliphatic carbocycles. The molecule has 0 spiro atoms. The van der Waals surface area contributed by atoms with Crippen LogP contribution in [0.2, 0.25) is 5.02 Å². The highest BCUT2D eigenvalue weighted by Crippen LogP contribution is 2.29. The van der Waals surface area contributed by atoms with E-state index in [1.165, 1.54) is 0 Å². The number of benzene rings is 1. The van der Waals surface area contributed by atoms with Crippen molar-refractivity contribution in [2.24, 2.45) is 5.84 Å². The fraction of sp³-hybridized carbons (Fsp3) is 0.333. The Balaban J connectivity index is 2.45. The largest absolute Gasteiger partial charge is 0.339 e. The van der Waals surface area contributed by atoms with Crippen LogP contribution in [-0.2, 0) is 0 Å². The lowest BCUT2D eigenvalue weighted by Crippen LogP contribution is -2.14. The second-order valence-corrected chi connectivity index (χ2v) is 5.72. The van der Waals surface area contributed by atoms with Crippen LogP contribution in [-0.4, -0.2) is 9.97 Å². The minimum absolute atomic E-state index is 0.201. The van der Waals surface area contributed by atoms with Crippen LogP contribution in [0.3, 0.4) is 0 Å². The van der Waals surface area contributed by atoms with Crippen LogP contribution < -0.4 is 16.6 Å². The summed E-state index contributed by atoms with van der Waals surface area (Å²) in [4.78, 5) is 8.97. The van der Waals surface area contributed by atoms with Crippen LogP contribution in [0.5, 0.6) is 0 Å². The number of nitrogens with zero attached hydrogens (tertiary/aromatic N) is 2. The summed E-state index contributed by atoms with van der Waals surface area (Å²) in [7, 11) is 0. The normalized spacial score (nSPS) is 10.8. The fourth-order valence-electron chi connectivity index (χ4n) is 1.90. The number of hydrazine groups is 1. The third kappa shape index (κ3) is 3.43. The lowest BCUT2D eigenvalue weighted by atomic mass is 10.2. The van der Waals surface area contributed by atoms with Crippen LogP contribution in [0.1, 0.15) is 36.7 Å².